The third-order valence-corrected chi connectivity index (χ3v) is 6.22. The molecule has 5 heteroatoms. The molecule has 0 radical (unpaired) electrons. The fraction of sp³-hybridized carbons (Fsp3) is 0.923. The van der Waals surface area contributed by atoms with E-state index in [1.54, 1.807) is 0 Å². The van der Waals surface area contributed by atoms with Crippen molar-refractivity contribution < 1.29 is 24.8 Å². The molecule has 0 aromatic heterocycles. The highest BCUT2D eigenvalue weighted by Crippen LogP contribution is 2.20. The van der Waals surface area contributed by atoms with Crippen LogP contribution in [-0.4, -0.2) is 59.6 Å². The van der Waals surface area contributed by atoms with Crippen molar-refractivity contribution in [3.8, 4) is 0 Å². The lowest BCUT2D eigenvalue weighted by molar-refractivity contribution is -0.101. The summed E-state index contributed by atoms with van der Waals surface area (Å²) in [5.74, 6) is 0. The zero-order chi connectivity index (χ0) is 22.6. The van der Waals surface area contributed by atoms with Gasteiger partial charge in [-0.3, -0.25) is 0 Å². The molecule has 0 bridgehead atoms. The van der Waals surface area contributed by atoms with Crippen molar-refractivity contribution >= 4 is 0 Å². The maximum atomic E-state index is 9.85. The number of aliphatic hydroxyl groups is 3. The lowest BCUT2D eigenvalue weighted by Gasteiger charge is -2.24. The van der Waals surface area contributed by atoms with E-state index in [2.05, 4.69) is 19.1 Å². The number of ether oxygens (including phenoxy) is 2. The Balaban J connectivity index is 1.81. The first-order valence-corrected chi connectivity index (χ1v) is 13.1. The second-order valence-electron chi connectivity index (χ2n) is 9.09. The summed E-state index contributed by atoms with van der Waals surface area (Å²) in [6.07, 6.45) is 22.3. The fourth-order valence-electron chi connectivity index (χ4n) is 4.14. The Hall–Kier alpha value is -0.460. The van der Waals surface area contributed by atoms with E-state index in [0.29, 0.717) is 6.61 Å². The van der Waals surface area contributed by atoms with Gasteiger partial charge in [0.2, 0.25) is 0 Å². The highest BCUT2D eigenvalue weighted by molar-refractivity contribution is 4.88. The largest absolute Gasteiger partial charge is 0.394 e. The Labute approximate surface area is 191 Å². The smallest absolute Gasteiger partial charge is 0.114 e. The van der Waals surface area contributed by atoms with Crippen LogP contribution >= 0.6 is 0 Å². The summed E-state index contributed by atoms with van der Waals surface area (Å²) in [5.41, 5.74) is 0. The third kappa shape index (κ3) is 14.3. The van der Waals surface area contributed by atoms with Gasteiger partial charge >= 0.3 is 0 Å². The van der Waals surface area contributed by atoms with Gasteiger partial charge in [-0.2, -0.15) is 0 Å². The summed E-state index contributed by atoms with van der Waals surface area (Å²) >= 11 is 0. The first kappa shape index (κ1) is 28.6. The fourth-order valence-corrected chi connectivity index (χ4v) is 4.14. The van der Waals surface area contributed by atoms with Gasteiger partial charge in [0, 0.05) is 6.61 Å². The summed E-state index contributed by atoms with van der Waals surface area (Å²) in [5, 5.41) is 28.8. The van der Waals surface area contributed by atoms with Gasteiger partial charge < -0.3 is 24.8 Å². The molecule has 0 amide bonds. The molecule has 1 heterocycles. The highest BCUT2D eigenvalue weighted by Gasteiger charge is 2.40. The molecule has 1 aliphatic heterocycles. The van der Waals surface area contributed by atoms with Crippen molar-refractivity contribution in [1.82, 2.24) is 0 Å². The van der Waals surface area contributed by atoms with Crippen LogP contribution in [0.15, 0.2) is 12.2 Å². The Morgan fingerprint density at radius 3 is 1.81 bits per heavy atom. The van der Waals surface area contributed by atoms with E-state index in [9.17, 15) is 15.3 Å². The maximum absolute atomic E-state index is 9.85. The van der Waals surface area contributed by atoms with Crippen molar-refractivity contribution in [1.29, 1.82) is 0 Å². The molecule has 1 aliphatic rings. The first-order chi connectivity index (χ1) is 15.2. The van der Waals surface area contributed by atoms with Crippen LogP contribution in [0.2, 0.25) is 0 Å². The predicted molar refractivity (Wildman–Crippen MR) is 127 cm³/mol. The van der Waals surface area contributed by atoms with Crippen LogP contribution in [0.3, 0.4) is 0 Å². The molecular weight excluding hydrogens is 392 g/mol. The zero-order valence-corrected chi connectivity index (χ0v) is 20.1. The number of aliphatic hydroxyl groups excluding tert-OH is 3. The average molecular weight is 443 g/mol. The van der Waals surface area contributed by atoms with Crippen LogP contribution in [-0.2, 0) is 9.47 Å². The normalized spacial score (nSPS) is 22.5. The minimum Gasteiger partial charge on any atom is -0.394 e. The van der Waals surface area contributed by atoms with Crippen LogP contribution in [0.25, 0.3) is 0 Å². The van der Waals surface area contributed by atoms with Gasteiger partial charge in [0.1, 0.15) is 24.4 Å². The molecule has 4 atom stereocenters. The molecule has 0 spiro atoms. The Morgan fingerprint density at radius 2 is 1.32 bits per heavy atom. The van der Waals surface area contributed by atoms with Gasteiger partial charge in [-0.25, -0.2) is 0 Å². The summed E-state index contributed by atoms with van der Waals surface area (Å²) in [6, 6.07) is 0. The standard InChI is InChI=1S/C26H50O5/c1-2-3-4-5-6-7-8-9-10-11-12-13-14-15-16-17-18-19-20-30-24(21-27)26-25(29)23(28)22-31-26/h8-9,23-29H,2-7,10-22H2,1H3/b9-8+/t23-,24+,25+,26+/m1/s1. The lowest BCUT2D eigenvalue weighted by Crippen LogP contribution is -2.42. The van der Waals surface area contributed by atoms with E-state index in [1.165, 1.54) is 89.9 Å². The third-order valence-electron chi connectivity index (χ3n) is 6.22. The van der Waals surface area contributed by atoms with Crippen LogP contribution in [0.1, 0.15) is 110 Å². The van der Waals surface area contributed by atoms with E-state index >= 15 is 0 Å². The van der Waals surface area contributed by atoms with E-state index < -0.39 is 24.4 Å². The highest BCUT2D eigenvalue weighted by atomic mass is 16.6. The van der Waals surface area contributed by atoms with E-state index in [1.807, 2.05) is 0 Å². The van der Waals surface area contributed by atoms with Gasteiger partial charge in [-0.1, -0.05) is 89.7 Å². The van der Waals surface area contributed by atoms with Crippen molar-refractivity contribution in [3.63, 3.8) is 0 Å². The number of unbranched alkanes of at least 4 members (excludes halogenated alkanes) is 14. The van der Waals surface area contributed by atoms with Gasteiger partial charge in [0.05, 0.1) is 13.2 Å². The average Bonchev–Trinajstić information content (AvgIpc) is 3.11. The molecule has 0 aromatic carbocycles. The van der Waals surface area contributed by atoms with Crippen molar-refractivity contribution in [2.75, 3.05) is 19.8 Å². The van der Waals surface area contributed by atoms with Gasteiger partial charge in [-0.15, -0.1) is 0 Å². The molecule has 31 heavy (non-hydrogen) atoms. The molecule has 5 nitrogen and oxygen atoms in total. The molecule has 1 fully saturated rings. The molecule has 0 unspecified atom stereocenters. The second-order valence-corrected chi connectivity index (χ2v) is 9.09. The van der Waals surface area contributed by atoms with E-state index in [-0.39, 0.29) is 13.2 Å². The molecule has 184 valence electrons. The Bertz CT molecular complexity index is 415. The SMILES string of the molecule is CCCCCCC/C=C/CCCCCCCCCCCO[C@@H](CO)[C@@H]1OC[C@@H](O)[C@@H]1O. The topological polar surface area (TPSA) is 79.2 Å². The van der Waals surface area contributed by atoms with Crippen molar-refractivity contribution in [2.24, 2.45) is 0 Å². The molecule has 3 N–H and O–H groups in total. The number of rotatable bonds is 21. The summed E-state index contributed by atoms with van der Waals surface area (Å²) < 4.78 is 11.0. The summed E-state index contributed by atoms with van der Waals surface area (Å²) in [7, 11) is 0. The summed E-state index contributed by atoms with van der Waals surface area (Å²) in [4.78, 5) is 0. The first-order valence-electron chi connectivity index (χ1n) is 13.1. The zero-order valence-electron chi connectivity index (χ0n) is 20.1. The second kappa shape index (κ2) is 20.2. The van der Waals surface area contributed by atoms with Crippen LogP contribution < -0.4 is 0 Å². The number of allylic oxidation sites excluding steroid dienone is 2. The lowest BCUT2D eigenvalue weighted by atomic mass is 10.1. The van der Waals surface area contributed by atoms with Gasteiger partial charge in [0.25, 0.3) is 0 Å². The van der Waals surface area contributed by atoms with E-state index in [4.69, 9.17) is 9.47 Å². The van der Waals surface area contributed by atoms with Crippen LogP contribution in [0.4, 0.5) is 0 Å². The maximum Gasteiger partial charge on any atom is 0.114 e. The predicted octanol–water partition coefficient (Wildman–Crippen LogP) is 5.30. The molecule has 0 aliphatic carbocycles. The minimum absolute atomic E-state index is 0.0988. The molecule has 0 saturated carbocycles. The molecule has 0 aromatic rings. The van der Waals surface area contributed by atoms with Crippen molar-refractivity contribution in [2.45, 2.75) is 134 Å². The molecule has 1 rings (SSSR count). The number of hydrogen-bond donors (Lipinski definition) is 3. The monoisotopic (exact) mass is 442 g/mol. The van der Waals surface area contributed by atoms with E-state index in [0.717, 1.165) is 12.8 Å². The quantitative estimate of drug-likeness (QED) is 0.166. The van der Waals surface area contributed by atoms with Crippen molar-refractivity contribution in [3.05, 3.63) is 12.2 Å². The summed E-state index contributed by atoms with van der Waals surface area (Å²) in [6.45, 7) is 2.71. The molecular formula is C26H50O5. The Kier molecular flexibility index (Phi) is 18.6. The van der Waals surface area contributed by atoms with Crippen LogP contribution in [0.5, 0.6) is 0 Å². The van der Waals surface area contributed by atoms with Gasteiger partial charge in [-0.05, 0) is 32.1 Å². The number of hydrogen-bond acceptors (Lipinski definition) is 5. The molecule has 1 saturated heterocycles. The minimum atomic E-state index is -0.978. The van der Waals surface area contributed by atoms with Gasteiger partial charge in [0.15, 0.2) is 0 Å². The van der Waals surface area contributed by atoms with Crippen LogP contribution in [0, 0.1) is 0 Å². The Morgan fingerprint density at radius 1 is 0.806 bits per heavy atom.